The molecule has 3 nitrogen and oxygen atoms in total. The van der Waals surface area contributed by atoms with E-state index >= 15 is 0 Å². The predicted octanol–water partition coefficient (Wildman–Crippen LogP) is 3.13. The lowest BCUT2D eigenvalue weighted by Crippen LogP contribution is -2.31. The highest BCUT2D eigenvalue weighted by atomic mass is 16.5. The summed E-state index contributed by atoms with van der Waals surface area (Å²) in [5, 5.41) is 0. The molecule has 0 heterocycles. The molecule has 0 bridgehead atoms. The van der Waals surface area contributed by atoms with Gasteiger partial charge in [-0.25, -0.2) is 0 Å². The van der Waals surface area contributed by atoms with Crippen LogP contribution in [0.15, 0.2) is 54.6 Å². The monoisotopic (exact) mass is 283 g/mol. The fourth-order valence-corrected chi connectivity index (χ4v) is 2.03. The van der Waals surface area contributed by atoms with Gasteiger partial charge in [-0.2, -0.15) is 0 Å². The molecule has 0 saturated carbocycles. The molecule has 0 atom stereocenters. The van der Waals surface area contributed by atoms with E-state index in [2.05, 4.69) is 12.1 Å². The van der Waals surface area contributed by atoms with E-state index in [-0.39, 0.29) is 12.5 Å². The van der Waals surface area contributed by atoms with Gasteiger partial charge in [-0.3, -0.25) is 4.79 Å². The second-order valence-electron chi connectivity index (χ2n) is 4.97. The third-order valence-corrected chi connectivity index (χ3v) is 3.46. The van der Waals surface area contributed by atoms with Crippen molar-refractivity contribution in [3.63, 3.8) is 0 Å². The van der Waals surface area contributed by atoms with Crippen molar-refractivity contribution in [2.24, 2.45) is 0 Å². The predicted molar refractivity (Wildman–Crippen MR) is 84.5 cm³/mol. The zero-order chi connectivity index (χ0) is 15.1. The van der Waals surface area contributed by atoms with Crippen LogP contribution >= 0.6 is 0 Å². The summed E-state index contributed by atoms with van der Waals surface area (Å²) in [5.74, 6) is 0.770. The van der Waals surface area contributed by atoms with Crippen LogP contribution in [0.3, 0.4) is 0 Å². The Labute approximate surface area is 126 Å². The Hall–Kier alpha value is -2.29. The Morgan fingerprint density at radius 3 is 2.43 bits per heavy atom. The molecule has 21 heavy (non-hydrogen) atoms. The molecule has 110 valence electrons. The first-order chi connectivity index (χ1) is 10.2. The SMILES string of the molecule is CCN(C)C(=O)COc1ccccc1Cc1ccccc1. The molecule has 0 saturated heterocycles. The Kier molecular flexibility index (Phi) is 5.38. The summed E-state index contributed by atoms with van der Waals surface area (Å²) in [6.07, 6.45) is 0.800. The summed E-state index contributed by atoms with van der Waals surface area (Å²) in [7, 11) is 1.78. The Morgan fingerprint density at radius 2 is 1.71 bits per heavy atom. The molecule has 0 aliphatic rings. The van der Waals surface area contributed by atoms with Crippen molar-refractivity contribution in [3.8, 4) is 5.75 Å². The number of amides is 1. The molecule has 0 aromatic heterocycles. The second kappa shape index (κ2) is 7.48. The van der Waals surface area contributed by atoms with Gasteiger partial charge in [0.05, 0.1) is 0 Å². The smallest absolute Gasteiger partial charge is 0.260 e. The van der Waals surface area contributed by atoms with Crippen LogP contribution in [0.4, 0.5) is 0 Å². The molecule has 3 heteroatoms. The topological polar surface area (TPSA) is 29.5 Å². The van der Waals surface area contributed by atoms with Crippen LogP contribution in [0.5, 0.6) is 5.75 Å². The van der Waals surface area contributed by atoms with E-state index in [0.717, 1.165) is 17.7 Å². The zero-order valence-corrected chi connectivity index (χ0v) is 12.6. The average Bonchev–Trinajstić information content (AvgIpc) is 2.54. The molecule has 1 amide bonds. The van der Waals surface area contributed by atoms with Crippen molar-refractivity contribution < 1.29 is 9.53 Å². The molecule has 0 fully saturated rings. The van der Waals surface area contributed by atoms with Gasteiger partial charge in [-0.15, -0.1) is 0 Å². The van der Waals surface area contributed by atoms with Crippen molar-refractivity contribution in [1.29, 1.82) is 0 Å². The quantitative estimate of drug-likeness (QED) is 0.815. The lowest BCUT2D eigenvalue weighted by Gasteiger charge is -2.16. The maximum atomic E-state index is 11.8. The van der Waals surface area contributed by atoms with E-state index in [1.807, 2.05) is 49.4 Å². The van der Waals surface area contributed by atoms with Crippen LogP contribution in [0.1, 0.15) is 18.1 Å². The largest absolute Gasteiger partial charge is 0.483 e. The third kappa shape index (κ3) is 4.35. The Bertz CT molecular complexity index is 581. The summed E-state index contributed by atoms with van der Waals surface area (Å²) in [5.41, 5.74) is 2.32. The van der Waals surface area contributed by atoms with Crippen LogP contribution < -0.4 is 4.74 Å². The number of para-hydroxylation sites is 1. The molecule has 0 unspecified atom stereocenters. The molecule has 0 aliphatic carbocycles. The number of hydrogen-bond acceptors (Lipinski definition) is 2. The van der Waals surface area contributed by atoms with Gasteiger partial charge in [0.25, 0.3) is 5.91 Å². The number of ether oxygens (including phenoxy) is 1. The summed E-state index contributed by atoms with van der Waals surface area (Å²) in [6, 6.07) is 18.1. The van der Waals surface area contributed by atoms with E-state index in [1.165, 1.54) is 5.56 Å². The summed E-state index contributed by atoms with van der Waals surface area (Å²) < 4.78 is 5.70. The Morgan fingerprint density at radius 1 is 1.05 bits per heavy atom. The van der Waals surface area contributed by atoms with E-state index < -0.39 is 0 Å². The lowest BCUT2D eigenvalue weighted by atomic mass is 10.0. The van der Waals surface area contributed by atoms with Crippen LogP contribution in [0.2, 0.25) is 0 Å². The fraction of sp³-hybridized carbons (Fsp3) is 0.278. The normalized spacial score (nSPS) is 10.2. The second-order valence-corrected chi connectivity index (χ2v) is 4.97. The van der Waals surface area contributed by atoms with Crippen LogP contribution in [-0.4, -0.2) is 31.0 Å². The highest BCUT2D eigenvalue weighted by molar-refractivity contribution is 5.77. The van der Waals surface area contributed by atoms with Gasteiger partial charge in [0, 0.05) is 20.0 Å². The van der Waals surface area contributed by atoms with Crippen molar-refractivity contribution in [2.45, 2.75) is 13.3 Å². The molecular weight excluding hydrogens is 262 g/mol. The number of rotatable bonds is 6. The summed E-state index contributed by atoms with van der Waals surface area (Å²) >= 11 is 0. The number of carbonyl (C=O) groups is 1. The van der Waals surface area contributed by atoms with Crippen molar-refractivity contribution in [2.75, 3.05) is 20.2 Å². The van der Waals surface area contributed by atoms with E-state index in [1.54, 1.807) is 11.9 Å². The molecule has 0 spiro atoms. The van der Waals surface area contributed by atoms with Crippen molar-refractivity contribution in [1.82, 2.24) is 4.90 Å². The molecule has 2 aromatic carbocycles. The number of likely N-dealkylation sites (N-methyl/N-ethyl adjacent to an activating group) is 1. The average molecular weight is 283 g/mol. The van der Waals surface area contributed by atoms with Gasteiger partial charge in [0.2, 0.25) is 0 Å². The molecule has 2 rings (SSSR count). The number of carbonyl (C=O) groups excluding carboxylic acids is 1. The van der Waals surface area contributed by atoms with Gasteiger partial charge in [0.15, 0.2) is 6.61 Å². The number of benzene rings is 2. The molecule has 0 radical (unpaired) electrons. The van der Waals surface area contributed by atoms with Crippen LogP contribution in [0.25, 0.3) is 0 Å². The first kappa shape index (κ1) is 15.1. The number of nitrogens with zero attached hydrogens (tertiary/aromatic N) is 1. The minimum absolute atomic E-state index is 0.00739. The highest BCUT2D eigenvalue weighted by Gasteiger charge is 2.09. The van der Waals surface area contributed by atoms with Gasteiger partial charge in [-0.05, 0) is 24.1 Å². The number of hydrogen-bond donors (Lipinski definition) is 0. The lowest BCUT2D eigenvalue weighted by molar-refractivity contribution is -0.131. The standard InChI is InChI=1S/C18H21NO2/c1-3-19(2)18(20)14-21-17-12-8-7-11-16(17)13-15-9-5-4-6-10-15/h4-12H,3,13-14H2,1-2H3. The highest BCUT2D eigenvalue weighted by Crippen LogP contribution is 2.21. The van der Waals surface area contributed by atoms with E-state index in [0.29, 0.717) is 6.54 Å². The molecular formula is C18H21NO2. The van der Waals surface area contributed by atoms with Gasteiger partial charge in [0.1, 0.15) is 5.75 Å². The molecule has 0 N–H and O–H groups in total. The molecule has 2 aromatic rings. The van der Waals surface area contributed by atoms with Crippen molar-refractivity contribution in [3.05, 3.63) is 65.7 Å². The van der Waals surface area contributed by atoms with E-state index in [4.69, 9.17) is 4.74 Å². The van der Waals surface area contributed by atoms with Gasteiger partial charge >= 0.3 is 0 Å². The first-order valence-electron chi connectivity index (χ1n) is 7.19. The Balaban J connectivity index is 2.05. The maximum absolute atomic E-state index is 11.8. The maximum Gasteiger partial charge on any atom is 0.260 e. The van der Waals surface area contributed by atoms with Crippen LogP contribution in [-0.2, 0) is 11.2 Å². The van der Waals surface area contributed by atoms with E-state index in [9.17, 15) is 4.79 Å². The first-order valence-corrected chi connectivity index (χ1v) is 7.19. The minimum Gasteiger partial charge on any atom is -0.483 e. The molecule has 0 aliphatic heterocycles. The van der Waals surface area contributed by atoms with Gasteiger partial charge in [-0.1, -0.05) is 48.5 Å². The van der Waals surface area contributed by atoms with Gasteiger partial charge < -0.3 is 9.64 Å². The summed E-state index contributed by atoms with van der Waals surface area (Å²) in [6.45, 7) is 2.71. The minimum atomic E-state index is -0.00739. The van der Waals surface area contributed by atoms with Crippen LogP contribution in [0, 0.1) is 0 Å². The third-order valence-electron chi connectivity index (χ3n) is 3.46. The fourth-order valence-electron chi connectivity index (χ4n) is 2.03. The van der Waals surface area contributed by atoms with Crippen molar-refractivity contribution >= 4 is 5.91 Å². The summed E-state index contributed by atoms with van der Waals surface area (Å²) in [4.78, 5) is 13.5. The zero-order valence-electron chi connectivity index (χ0n) is 12.6.